The van der Waals surface area contributed by atoms with Gasteiger partial charge in [-0.2, -0.15) is 0 Å². The van der Waals surface area contributed by atoms with E-state index in [1.165, 1.54) is 18.2 Å². The second-order valence-corrected chi connectivity index (χ2v) is 9.01. The average Bonchev–Trinajstić information content (AvgIpc) is 2.79. The first-order valence-electron chi connectivity index (χ1n) is 9.87. The van der Waals surface area contributed by atoms with Gasteiger partial charge in [0.1, 0.15) is 0 Å². The second kappa shape index (κ2) is 10.3. The van der Waals surface area contributed by atoms with Crippen LogP contribution in [0.15, 0.2) is 76.5 Å². The number of hydrogen-bond donors (Lipinski definition) is 0. The first-order valence-corrected chi connectivity index (χ1v) is 11.4. The molecule has 1 aliphatic heterocycles. The van der Waals surface area contributed by atoms with Crippen LogP contribution in [0, 0.1) is 0 Å². The molecule has 2 atom stereocenters. The Morgan fingerprint density at radius 2 is 1.58 bits per heavy atom. The van der Waals surface area contributed by atoms with E-state index >= 15 is 0 Å². The van der Waals surface area contributed by atoms with E-state index in [0.717, 1.165) is 0 Å². The van der Waals surface area contributed by atoms with Crippen LogP contribution in [0.25, 0.3) is 0 Å². The second-order valence-electron chi connectivity index (χ2n) is 7.06. The lowest BCUT2D eigenvalue weighted by molar-refractivity contribution is -0.197. The summed E-state index contributed by atoms with van der Waals surface area (Å²) in [5.74, 6) is -0.248. The van der Waals surface area contributed by atoms with E-state index in [1.807, 2.05) is 0 Å². The molecule has 2 aromatic rings. The molecule has 0 N–H and O–H groups in total. The molecular weight excluding hydrogens is 420 g/mol. The fraction of sp³-hybridized carbons (Fsp3) is 0.348. The normalized spacial score (nSPS) is 21.4. The summed E-state index contributed by atoms with van der Waals surface area (Å²) in [4.78, 5) is 12.9. The first kappa shape index (κ1) is 23.3. The third-order valence-electron chi connectivity index (χ3n) is 4.94. The Hall–Kier alpha value is -2.36. The average molecular weight is 447 g/mol. The minimum absolute atomic E-state index is 0.144. The van der Waals surface area contributed by atoms with Gasteiger partial charge in [-0.15, -0.1) is 0 Å². The highest BCUT2D eigenvalue weighted by atomic mass is 32.2. The number of benzene rings is 2. The van der Waals surface area contributed by atoms with Crippen molar-refractivity contribution in [3.63, 3.8) is 0 Å². The molecule has 0 amide bonds. The Balaban J connectivity index is 1.69. The number of ketones is 1. The van der Waals surface area contributed by atoms with Gasteiger partial charge in [0.15, 0.2) is 17.7 Å². The van der Waals surface area contributed by atoms with Gasteiger partial charge < -0.3 is 18.9 Å². The number of sulfone groups is 1. The quantitative estimate of drug-likeness (QED) is 0.519. The predicted molar refractivity (Wildman–Crippen MR) is 113 cm³/mol. The first-order chi connectivity index (χ1) is 14.9. The number of hydrogen-bond acceptors (Lipinski definition) is 7. The maximum Gasteiger partial charge on any atom is 0.206 e. The molecule has 0 radical (unpaired) electrons. The monoisotopic (exact) mass is 446 g/mol. The van der Waals surface area contributed by atoms with Crippen LogP contribution < -0.4 is 0 Å². The van der Waals surface area contributed by atoms with Crippen LogP contribution in [0.3, 0.4) is 0 Å². The van der Waals surface area contributed by atoms with Gasteiger partial charge in [-0.1, -0.05) is 30.3 Å². The van der Waals surface area contributed by atoms with Gasteiger partial charge in [-0.25, -0.2) is 8.42 Å². The van der Waals surface area contributed by atoms with Crippen LogP contribution in [0.2, 0.25) is 0 Å². The van der Waals surface area contributed by atoms with E-state index < -0.39 is 21.7 Å². The molecule has 0 bridgehead atoms. The summed E-state index contributed by atoms with van der Waals surface area (Å²) in [6.07, 6.45) is 2.25. The van der Waals surface area contributed by atoms with Gasteiger partial charge >= 0.3 is 0 Å². The topological polar surface area (TPSA) is 88.1 Å². The zero-order chi connectivity index (χ0) is 22.3. The van der Waals surface area contributed by atoms with Crippen LogP contribution in [-0.2, 0) is 39.2 Å². The lowest BCUT2D eigenvalue weighted by atomic mass is 9.89. The number of carbonyl (C=O) groups is 1. The SMILES string of the molecule is COCCOCCO[C@@H]1C=CC(=O)[C@](C)(c2ccc(S(=O)(=O)c3ccccc3)cc2)O1. The van der Waals surface area contributed by atoms with Gasteiger partial charge in [0.25, 0.3) is 0 Å². The van der Waals surface area contributed by atoms with E-state index in [1.54, 1.807) is 62.6 Å². The number of methoxy groups -OCH3 is 1. The van der Waals surface area contributed by atoms with Gasteiger partial charge in [0.2, 0.25) is 9.84 Å². The summed E-state index contributed by atoms with van der Waals surface area (Å²) in [5, 5.41) is 0. The van der Waals surface area contributed by atoms with Gasteiger partial charge in [0.05, 0.1) is 36.2 Å². The van der Waals surface area contributed by atoms with E-state index in [4.69, 9.17) is 18.9 Å². The summed E-state index contributed by atoms with van der Waals surface area (Å²) >= 11 is 0. The molecule has 8 heteroatoms. The number of rotatable bonds is 10. The van der Waals surface area contributed by atoms with Crippen molar-refractivity contribution in [3.05, 3.63) is 72.3 Å². The van der Waals surface area contributed by atoms with Crippen molar-refractivity contribution in [2.45, 2.75) is 28.6 Å². The van der Waals surface area contributed by atoms with Crippen molar-refractivity contribution >= 4 is 15.6 Å². The Labute approximate surface area is 182 Å². The fourth-order valence-electron chi connectivity index (χ4n) is 3.11. The lowest BCUT2D eigenvalue weighted by Gasteiger charge is -2.34. The standard InChI is InChI=1S/C23H26O7S/c1-23(21(24)12-13-22(30-23)29-17-16-28-15-14-27-2)18-8-10-20(11-9-18)31(25,26)19-6-4-3-5-7-19/h3-13,22H,14-17H2,1-2H3/t22-,23-/m0/s1. The van der Waals surface area contributed by atoms with Crippen LogP contribution in [0.4, 0.5) is 0 Å². The van der Waals surface area contributed by atoms with Crippen LogP contribution in [-0.4, -0.2) is 54.0 Å². The Morgan fingerprint density at radius 3 is 2.26 bits per heavy atom. The van der Waals surface area contributed by atoms with Crippen molar-refractivity contribution in [1.82, 2.24) is 0 Å². The molecular formula is C23H26O7S. The fourth-order valence-corrected chi connectivity index (χ4v) is 4.39. The minimum atomic E-state index is -3.64. The van der Waals surface area contributed by atoms with E-state index in [0.29, 0.717) is 25.4 Å². The molecule has 7 nitrogen and oxygen atoms in total. The molecule has 0 aliphatic carbocycles. The van der Waals surface area contributed by atoms with Crippen molar-refractivity contribution in [3.8, 4) is 0 Å². The number of ether oxygens (including phenoxy) is 4. The molecule has 1 heterocycles. The molecule has 166 valence electrons. The maximum absolute atomic E-state index is 12.8. The van der Waals surface area contributed by atoms with Crippen LogP contribution in [0.1, 0.15) is 12.5 Å². The Kier molecular flexibility index (Phi) is 7.74. The molecule has 31 heavy (non-hydrogen) atoms. The number of carbonyl (C=O) groups excluding carboxylic acids is 1. The minimum Gasteiger partial charge on any atom is -0.382 e. The maximum atomic E-state index is 12.8. The molecule has 0 spiro atoms. The predicted octanol–water partition coefficient (Wildman–Crippen LogP) is 2.90. The zero-order valence-electron chi connectivity index (χ0n) is 17.5. The highest BCUT2D eigenvalue weighted by molar-refractivity contribution is 7.91. The van der Waals surface area contributed by atoms with Crippen LogP contribution in [0.5, 0.6) is 0 Å². The largest absolute Gasteiger partial charge is 0.382 e. The lowest BCUT2D eigenvalue weighted by Crippen LogP contribution is -2.42. The summed E-state index contributed by atoms with van der Waals surface area (Å²) in [6.45, 7) is 3.27. The Morgan fingerprint density at radius 1 is 0.935 bits per heavy atom. The summed E-state index contributed by atoms with van der Waals surface area (Å²) < 4.78 is 47.4. The van der Waals surface area contributed by atoms with Gasteiger partial charge in [-0.05, 0) is 48.9 Å². The molecule has 2 aromatic carbocycles. The third kappa shape index (κ3) is 5.47. The van der Waals surface area contributed by atoms with Crippen molar-refractivity contribution in [2.75, 3.05) is 33.5 Å². The molecule has 0 unspecified atom stereocenters. The molecule has 0 saturated carbocycles. The van der Waals surface area contributed by atoms with Crippen molar-refractivity contribution in [1.29, 1.82) is 0 Å². The molecule has 0 saturated heterocycles. The zero-order valence-corrected chi connectivity index (χ0v) is 18.3. The summed E-state index contributed by atoms with van der Waals surface area (Å²) in [7, 11) is -2.04. The summed E-state index contributed by atoms with van der Waals surface area (Å²) in [6, 6.07) is 14.4. The van der Waals surface area contributed by atoms with Crippen molar-refractivity contribution in [2.24, 2.45) is 0 Å². The molecule has 0 fully saturated rings. The smallest absolute Gasteiger partial charge is 0.206 e. The molecule has 1 aliphatic rings. The highest BCUT2D eigenvalue weighted by Gasteiger charge is 2.40. The van der Waals surface area contributed by atoms with Gasteiger partial charge in [-0.3, -0.25) is 4.79 Å². The van der Waals surface area contributed by atoms with Gasteiger partial charge in [0, 0.05) is 7.11 Å². The van der Waals surface area contributed by atoms with E-state index in [9.17, 15) is 13.2 Å². The Bertz CT molecular complexity index is 1000. The van der Waals surface area contributed by atoms with Crippen LogP contribution >= 0.6 is 0 Å². The molecule has 0 aromatic heterocycles. The van der Waals surface area contributed by atoms with Crippen molar-refractivity contribution < 1.29 is 32.2 Å². The highest BCUT2D eigenvalue weighted by Crippen LogP contribution is 2.33. The van der Waals surface area contributed by atoms with E-state index in [-0.39, 0.29) is 22.2 Å². The molecule has 3 rings (SSSR count). The van der Waals surface area contributed by atoms with E-state index in [2.05, 4.69) is 0 Å². The third-order valence-corrected chi connectivity index (χ3v) is 6.72. The summed E-state index contributed by atoms with van der Waals surface area (Å²) in [5.41, 5.74) is -0.746.